The van der Waals surface area contributed by atoms with Crippen molar-refractivity contribution in [3.63, 3.8) is 0 Å². The van der Waals surface area contributed by atoms with Crippen molar-refractivity contribution in [3.8, 4) is 11.5 Å². The largest absolute Gasteiger partial charge is 0.493 e. The molecule has 100 valence electrons. The van der Waals surface area contributed by atoms with Gasteiger partial charge < -0.3 is 9.47 Å². The zero-order valence-electron chi connectivity index (χ0n) is 10.4. The summed E-state index contributed by atoms with van der Waals surface area (Å²) in [5, 5.41) is 0. The number of methoxy groups -OCH3 is 1. The zero-order valence-corrected chi connectivity index (χ0v) is 12.7. The van der Waals surface area contributed by atoms with Crippen molar-refractivity contribution >= 4 is 27.5 Å². The molecular weight excluding hydrogens is 330 g/mol. The quantitative estimate of drug-likeness (QED) is 0.764. The second-order valence-corrected chi connectivity index (χ2v) is 5.01. The Morgan fingerprint density at radius 2 is 2.16 bits per heavy atom. The van der Waals surface area contributed by atoms with E-state index in [9.17, 15) is 0 Å². The van der Waals surface area contributed by atoms with E-state index in [1.807, 2.05) is 24.3 Å². The number of hydrogen-bond acceptors (Lipinski definition) is 3. The lowest BCUT2D eigenvalue weighted by molar-refractivity contribution is 0.282. The van der Waals surface area contributed by atoms with Gasteiger partial charge in [-0.2, -0.15) is 0 Å². The molecule has 0 bridgehead atoms. The third-order valence-corrected chi connectivity index (χ3v) is 3.45. The Bertz CT molecular complexity index is 549. The highest BCUT2D eigenvalue weighted by atomic mass is 79.9. The summed E-state index contributed by atoms with van der Waals surface area (Å²) in [5.41, 5.74) is 1.97. The van der Waals surface area contributed by atoms with E-state index in [-0.39, 0.29) is 0 Å². The lowest BCUT2D eigenvalue weighted by atomic mass is 10.2. The first-order chi connectivity index (χ1) is 9.24. The second-order valence-electron chi connectivity index (χ2n) is 3.89. The first-order valence-electron chi connectivity index (χ1n) is 5.68. The van der Waals surface area contributed by atoms with Crippen LogP contribution in [0, 0.1) is 0 Å². The topological polar surface area (TPSA) is 31.4 Å². The lowest BCUT2D eigenvalue weighted by Gasteiger charge is -2.13. The third kappa shape index (κ3) is 3.61. The summed E-state index contributed by atoms with van der Waals surface area (Å²) in [6.45, 7) is 0.434. The van der Waals surface area contributed by atoms with Crippen LogP contribution in [0.2, 0.25) is 0 Å². The molecule has 1 aromatic carbocycles. The SMILES string of the molecule is COc1cc(CCl)cc(Br)c1OCc1cccnc1. The van der Waals surface area contributed by atoms with Gasteiger partial charge in [0.05, 0.1) is 11.6 Å². The Kier molecular flexibility index (Phi) is 5.05. The summed E-state index contributed by atoms with van der Waals surface area (Å²) in [6, 6.07) is 7.63. The summed E-state index contributed by atoms with van der Waals surface area (Å²) in [7, 11) is 1.61. The highest BCUT2D eigenvalue weighted by Gasteiger charge is 2.11. The van der Waals surface area contributed by atoms with Gasteiger partial charge >= 0.3 is 0 Å². The van der Waals surface area contributed by atoms with Crippen LogP contribution >= 0.6 is 27.5 Å². The monoisotopic (exact) mass is 341 g/mol. The molecule has 0 unspecified atom stereocenters. The molecule has 0 saturated heterocycles. The molecule has 3 nitrogen and oxygen atoms in total. The molecule has 19 heavy (non-hydrogen) atoms. The molecule has 1 aromatic heterocycles. The van der Waals surface area contributed by atoms with Gasteiger partial charge in [0.25, 0.3) is 0 Å². The standard InChI is InChI=1S/C14H13BrClNO2/c1-18-13-6-11(7-16)5-12(15)14(13)19-9-10-3-2-4-17-8-10/h2-6,8H,7,9H2,1H3. The molecule has 0 aliphatic heterocycles. The van der Waals surface area contributed by atoms with Crippen molar-refractivity contribution in [2.45, 2.75) is 12.5 Å². The number of rotatable bonds is 5. The van der Waals surface area contributed by atoms with Crippen LogP contribution in [-0.4, -0.2) is 12.1 Å². The predicted molar refractivity (Wildman–Crippen MR) is 78.8 cm³/mol. The Labute approximate surface area is 125 Å². The van der Waals surface area contributed by atoms with Crippen LogP contribution in [0.5, 0.6) is 11.5 Å². The van der Waals surface area contributed by atoms with Crippen molar-refractivity contribution in [1.82, 2.24) is 4.98 Å². The van der Waals surface area contributed by atoms with Gasteiger partial charge in [-0.25, -0.2) is 0 Å². The first kappa shape index (κ1) is 14.2. The van der Waals surface area contributed by atoms with Crippen LogP contribution in [-0.2, 0) is 12.5 Å². The van der Waals surface area contributed by atoms with Crippen LogP contribution in [0.15, 0.2) is 41.1 Å². The number of nitrogens with zero attached hydrogens (tertiary/aromatic N) is 1. The minimum Gasteiger partial charge on any atom is -0.493 e. The Balaban J connectivity index is 2.20. The molecule has 0 amide bonds. The normalized spacial score (nSPS) is 10.3. The molecule has 0 spiro atoms. The molecule has 0 saturated carbocycles. The number of aromatic nitrogens is 1. The number of alkyl halides is 1. The van der Waals surface area contributed by atoms with Gasteiger partial charge in [-0.15, -0.1) is 11.6 Å². The number of hydrogen-bond donors (Lipinski definition) is 0. The lowest BCUT2D eigenvalue weighted by Crippen LogP contribution is -1.99. The zero-order chi connectivity index (χ0) is 13.7. The predicted octanol–water partition coefficient (Wildman–Crippen LogP) is 4.17. The van der Waals surface area contributed by atoms with Gasteiger partial charge in [-0.1, -0.05) is 6.07 Å². The third-order valence-electron chi connectivity index (χ3n) is 2.55. The van der Waals surface area contributed by atoms with Gasteiger partial charge in [-0.3, -0.25) is 4.98 Å². The summed E-state index contributed by atoms with van der Waals surface area (Å²) < 4.78 is 11.9. The highest BCUT2D eigenvalue weighted by Crippen LogP contribution is 2.37. The number of ether oxygens (including phenoxy) is 2. The fraction of sp³-hybridized carbons (Fsp3) is 0.214. The Hall–Kier alpha value is -1.26. The summed E-state index contributed by atoms with van der Waals surface area (Å²) in [5.74, 6) is 1.76. The van der Waals surface area contributed by atoms with E-state index in [0.717, 1.165) is 15.6 Å². The molecule has 0 aliphatic carbocycles. The van der Waals surface area contributed by atoms with Crippen LogP contribution in [0.1, 0.15) is 11.1 Å². The Morgan fingerprint density at radius 3 is 2.79 bits per heavy atom. The minimum atomic E-state index is 0.428. The van der Waals surface area contributed by atoms with Crippen molar-refractivity contribution in [2.75, 3.05) is 7.11 Å². The number of halogens is 2. The highest BCUT2D eigenvalue weighted by molar-refractivity contribution is 9.10. The smallest absolute Gasteiger partial charge is 0.175 e. The van der Waals surface area contributed by atoms with Gasteiger partial charge in [0.1, 0.15) is 6.61 Å². The average Bonchev–Trinajstić information content (AvgIpc) is 2.46. The van der Waals surface area contributed by atoms with Gasteiger partial charge in [0.15, 0.2) is 11.5 Å². The number of benzene rings is 1. The maximum absolute atomic E-state index is 5.83. The van der Waals surface area contributed by atoms with E-state index in [2.05, 4.69) is 20.9 Å². The van der Waals surface area contributed by atoms with Crippen molar-refractivity contribution in [3.05, 3.63) is 52.3 Å². The second kappa shape index (κ2) is 6.78. The molecule has 2 aromatic rings. The summed E-state index contributed by atoms with van der Waals surface area (Å²) in [6.07, 6.45) is 3.50. The van der Waals surface area contributed by atoms with Gasteiger partial charge in [0, 0.05) is 23.8 Å². The molecule has 1 heterocycles. The molecule has 0 aliphatic rings. The molecule has 0 radical (unpaired) electrons. The first-order valence-corrected chi connectivity index (χ1v) is 7.01. The van der Waals surface area contributed by atoms with E-state index in [4.69, 9.17) is 21.1 Å². The van der Waals surface area contributed by atoms with E-state index in [0.29, 0.717) is 24.0 Å². The van der Waals surface area contributed by atoms with Crippen LogP contribution in [0.25, 0.3) is 0 Å². The van der Waals surface area contributed by atoms with E-state index < -0.39 is 0 Å². The van der Waals surface area contributed by atoms with Crippen LogP contribution in [0.4, 0.5) is 0 Å². The molecule has 2 rings (SSSR count). The van der Waals surface area contributed by atoms with E-state index >= 15 is 0 Å². The fourth-order valence-corrected chi connectivity index (χ4v) is 2.39. The molecule has 0 fully saturated rings. The summed E-state index contributed by atoms with van der Waals surface area (Å²) in [4.78, 5) is 4.05. The maximum Gasteiger partial charge on any atom is 0.175 e. The van der Waals surface area contributed by atoms with Crippen molar-refractivity contribution < 1.29 is 9.47 Å². The minimum absolute atomic E-state index is 0.428. The maximum atomic E-state index is 5.83. The summed E-state index contributed by atoms with van der Waals surface area (Å²) >= 11 is 9.30. The average molecular weight is 343 g/mol. The number of pyridine rings is 1. The van der Waals surface area contributed by atoms with Crippen LogP contribution < -0.4 is 9.47 Å². The van der Waals surface area contributed by atoms with Gasteiger partial charge in [0.2, 0.25) is 0 Å². The van der Waals surface area contributed by atoms with Crippen molar-refractivity contribution in [1.29, 1.82) is 0 Å². The van der Waals surface area contributed by atoms with Gasteiger partial charge in [-0.05, 0) is 39.7 Å². The molecule has 5 heteroatoms. The van der Waals surface area contributed by atoms with Crippen molar-refractivity contribution in [2.24, 2.45) is 0 Å². The van der Waals surface area contributed by atoms with Crippen LogP contribution in [0.3, 0.4) is 0 Å². The molecule has 0 N–H and O–H groups in total. The van der Waals surface area contributed by atoms with E-state index in [1.165, 1.54) is 0 Å². The van der Waals surface area contributed by atoms with E-state index in [1.54, 1.807) is 19.5 Å². The molecular formula is C14H13BrClNO2. The molecule has 0 atom stereocenters. The Morgan fingerprint density at radius 1 is 1.32 bits per heavy atom. The fourth-order valence-electron chi connectivity index (χ4n) is 1.63.